The van der Waals surface area contributed by atoms with Gasteiger partial charge in [0.2, 0.25) is 5.28 Å². The van der Waals surface area contributed by atoms with Gasteiger partial charge in [-0.15, -0.1) is 10.2 Å². The van der Waals surface area contributed by atoms with Crippen LogP contribution in [-0.4, -0.2) is 14.8 Å². The number of aryl methyl sites for hydroxylation is 1. The van der Waals surface area contributed by atoms with Crippen molar-refractivity contribution in [2.45, 2.75) is 31.7 Å². The number of hydrogen-bond acceptors (Lipinski definition) is 2. The lowest BCUT2D eigenvalue weighted by molar-refractivity contribution is 0.653. The maximum Gasteiger partial charge on any atom is 0.225 e. The third-order valence-electron chi connectivity index (χ3n) is 3.30. The molecule has 3 nitrogen and oxygen atoms in total. The van der Waals surface area contributed by atoms with Crippen LogP contribution in [0.5, 0.6) is 0 Å². The molecular formula is C13H12Cl3N3. The Labute approximate surface area is 126 Å². The standard InChI is InChI=1S/C13H12Cl3N3/c14-10-4-3-8(11(15)7-10)5-6-19-12(9-1-2-9)17-18-13(19)16/h3-4,7,9H,1-2,5-6H2. The Morgan fingerprint density at radius 1 is 1.16 bits per heavy atom. The number of rotatable bonds is 4. The zero-order valence-corrected chi connectivity index (χ0v) is 12.4. The predicted octanol–water partition coefficient (Wildman–Crippen LogP) is 4.36. The lowest BCUT2D eigenvalue weighted by Gasteiger charge is -2.08. The number of halogens is 3. The van der Waals surface area contributed by atoms with Gasteiger partial charge in [-0.05, 0) is 48.6 Å². The van der Waals surface area contributed by atoms with Crippen LogP contribution in [0, 0.1) is 0 Å². The van der Waals surface area contributed by atoms with E-state index in [9.17, 15) is 0 Å². The average molecular weight is 317 g/mol. The van der Waals surface area contributed by atoms with Gasteiger partial charge in [0.15, 0.2) is 0 Å². The van der Waals surface area contributed by atoms with Crippen molar-refractivity contribution in [2.75, 3.05) is 0 Å². The molecule has 1 aliphatic rings. The van der Waals surface area contributed by atoms with Gasteiger partial charge in [0.25, 0.3) is 0 Å². The van der Waals surface area contributed by atoms with Crippen LogP contribution >= 0.6 is 34.8 Å². The molecule has 0 N–H and O–H groups in total. The number of benzene rings is 1. The molecule has 0 atom stereocenters. The summed E-state index contributed by atoms with van der Waals surface area (Å²) in [7, 11) is 0. The number of hydrogen-bond donors (Lipinski definition) is 0. The van der Waals surface area contributed by atoms with Crippen LogP contribution in [0.15, 0.2) is 18.2 Å². The molecule has 0 bridgehead atoms. The van der Waals surface area contributed by atoms with Crippen molar-refractivity contribution in [3.8, 4) is 0 Å². The molecule has 0 saturated heterocycles. The van der Waals surface area contributed by atoms with Crippen molar-refractivity contribution >= 4 is 34.8 Å². The van der Waals surface area contributed by atoms with Crippen molar-refractivity contribution in [1.82, 2.24) is 14.8 Å². The Morgan fingerprint density at radius 3 is 2.63 bits per heavy atom. The van der Waals surface area contributed by atoms with Crippen molar-refractivity contribution in [2.24, 2.45) is 0 Å². The summed E-state index contributed by atoms with van der Waals surface area (Å²) in [6.45, 7) is 0.735. The molecule has 0 aliphatic heterocycles. The van der Waals surface area contributed by atoms with Crippen LogP contribution in [0.2, 0.25) is 15.3 Å². The lowest BCUT2D eigenvalue weighted by atomic mass is 10.1. The Hall–Kier alpha value is -0.770. The Bertz CT molecular complexity index is 605. The summed E-state index contributed by atoms with van der Waals surface area (Å²) in [6.07, 6.45) is 3.14. The highest BCUT2D eigenvalue weighted by Gasteiger charge is 2.29. The molecule has 2 aromatic rings. The van der Waals surface area contributed by atoms with E-state index in [1.807, 2.05) is 16.7 Å². The summed E-state index contributed by atoms with van der Waals surface area (Å²) >= 11 is 18.1. The van der Waals surface area contributed by atoms with Gasteiger partial charge >= 0.3 is 0 Å². The van der Waals surface area contributed by atoms with Gasteiger partial charge in [0.1, 0.15) is 5.82 Å². The molecule has 1 aromatic carbocycles. The molecule has 100 valence electrons. The molecule has 0 radical (unpaired) electrons. The fraction of sp³-hybridized carbons (Fsp3) is 0.385. The van der Waals surface area contributed by atoms with E-state index in [1.54, 1.807) is 6.07 Å². The molecule has 1 saturated carbocycles. The second kappa shape index (κ2) is 5.31. The van der Waals surface area contributed by atoms with Crippen molar-refractivity contribution in [3.05, 3.63) is 44.9 Å². The normalized spacial score (nSPS) is 14.9. The first kappa shape index (κ1) is 13.2. The van der Waals surface area contributed by atoms with Crippen LogP contribution in [0.3, 0.4) is 0 Å². The molecule has 0 amide bonds. The molecule has 1 fully saturated rings. The van der Waals surface area contributed by atoms with Crippen molar-refractivity contribution in [1.29, 1.82) is 0 Å². The average Bonchev–Trinajstić information content (AvgIpc) is 3.14. The highest BCUT2D eigenvalue weighted by atomic mass is 35.5. The van der Waals surface area contributed by atoms with E-state index in [2.05, 4.69) is 10.2 Å². The van der Waals surface area contributed by atoms with Crippen LogP contribution in [0.25, 0.3) is 0 Å². The van der Waals surface area contributed by atoms with Crippen LogP contribution in [-0.2, 0) is 13.0 Å². The molecule has 1 heterocycles. The third kappa shape index (κ3) is 2.88. The molecule has 1 aliphatic carbocycles. The molecular weight excluding hydrogens is 305 g/mol. The molecule has 0 spiro atoms. The first-order valence-electron chi connectivity index (χ1n) is 6.17. The molecule has 3 rings (SSSR count). The Kier molecular flexibility index (Phi) is 3.70. The third-order valence-corrected chi connectivity index (χ3v) is 4.16. The summed E-state index contributed by atoms with van der Waals surface area (Å²) in [5.41, 5.74) is 1.05. The predicted molar refractivity (Wildman–Crippen MR) is 77.2 cm³/mol. The van der Waals surface area contributed by atoms with Gasteiger partial charge in [-0.1, -0.05) is 29.3 Å². The molecule has 1 aromatic heterocycles. The highest BCUT2D eigenvalue weighted by molar-refractivity contribution is 6.35. The largest absolute Gasteiger partial charge is 0.301 e. The topological polar surface area (TPSA) is 30.7 Å². The van der Waals surface area contributed by atoms with Gasteiger partial charge in [-0.2, -0.15) is 0 Å². The van der Waals surface area contributed by atoms with Gasteiger partial charge in [-0.3, -0.25) is 0 Å². The first-order chi connectivity index (χ1) is 9.15. The van der Waals surface area contributed by atoms with Gasteiger partial charge in [0.05, 0.1) is 0 Å². The zero-order chi connectivity index (χ0) is 13.4. The van der Waals surface area contributed by atoms with E-state index in [1.165, 1.54) is 12.8 Å². The molecule has 6 heteroatoms. The second-order valence-corrected chi connectivity index (χ2v) is 5.92. The van der Waals surface area contributed by atoms with E-state index in [-0.39, 0.29) is 0 Å². The minimum absolute atomic E-state index is 0.451. The number of nitrogens with zero attached hydrogens (tertiary/aromatic N) is 3. The summed E-state index contributed by atoms with van der Waals surface area (Å²) in [5, 5.41) is 9.89. The second-order valence-electron chi connectivity index (χ2n) is 4.74. The summed E-state index contributed by atoms with van der Waals surface area (Å²) in [6, 6.07) is 5.55. The molecule has 0 unspecified atom stereocenters. The quantitative estimate of drug-likeness (QED) is 0.839. The van der Waals surface area contributed by atoms with E-state index in [0.29, 0.717) is 21.2 Å². The van der Waals surface area contributed by atoms with Gasteiger partial charge in [-0.25, -0.2) is 0 Å². The Morgan fingerprint density at radius 2 is 1.95 bits per heavy atom. The van der Waals surface area contributed by atoms with Crippen LogP contribution in [0.4, 0.5) is 0 Å². The van der Waals surface area contributed by atoms with Crippen molar-refractivity contribution < 1.29 is 0 Å². The first-order valence-corrected chi connectivity index (χ1v) is 7.31. The van der Waals surface area contributed by atoms with E-state index in [4.69, 9.17) is 34.8 Å². The summed E-state index contributed by atoms with van der Waals surface area (Å²) < 4.78 is 1.98. The summed E-state index contributed by atoms with van der Waals surface area (Å²) in [4.78, 5) is 0. The van der Waals surface area contributed by atoms with Gasteiger partial charge < -0.3 is 4.57 Å². The SMILES string of the molecule is Clc1ccc(CCn2c(Cl)nnc2C2CC2)c(Cl)c1. The maximum absolute atomic E-state index is 6.17. The monoisotopic (exact) mass is 315 g/mol. The van der Waals surface area contributed by atoms with Crippen molar-refractivity contribution in [3.63, 3.8) is 0 Å². The number of aromatic nitrogens is 3. The fourth-order valence-corrected chi connectivity index (χ4v) is 2.81. The smallest absolute Gasteiger partial charge is 0.225 e. The van der Waals surface area contributed by atoms with Crippen LogP contribution in [0.1, 0.15) is 30.1 Å². The van der Waals surface area contributed by atoms with E-state index >= 15 is 0 Å². The minimum atomic E-state index is 0.451. The van der Waals surface area contributed by atoms with Crippen LogP contribution < -0.4 is 0 Å². The fourth-order valence-electron chi connectivity index (χ4n) is 2.10. The summed E-state index contributed by atoms with van der Waals surface area (Å²) in [5.74, 6) is 1.52. The minimum Gasteiger partial charge on any atom is -0.301 e. The Balaban J connectivity index is 1.77. The van der Waals surface area contributed by atoms with E-state index in [0.717, 1.165) is 24.4 Å². The zero-order valence-electron chi connectivity index (χ0n) is 10.1. The van der Waals surface area contributed by atoms with E-state index < -0.39 is 0 Å². The highest BCUT2D eigenvalue weighted by Crippen LogP contribution is 2.39. The van der Waals surface area contributed by atoms with Gasteiger partial charge in [0, 0.05) is 22.5 Å². The molecule has 19 heavy (non-hydrogen) atoms. The maximum atomic E-state index is 6.17. The lowest BCUT2D eigenvalue weighted by Crippen LogP contribution is -2.06.